The van der Waals surface area contributed by atoms with Crippen LogP contribution in [-0.4, -0.2) is 59.0 Å². The van der Waals surface area contributed by atoms with Crippen LogP contribution < -0.4 is 10.6 Å². The minimum absolute atomic E-state index is 0.0374. The molecule has 27 heavy (non-hydrogen) atoms. The van der Waals surface area contributed by atoms with E-state index < -0.39 is 5.97 Å². The van der Waals surface area contributed by atoms with Crippen LogP contribution in [0.25, 0.3) is 0 Å². The molecule has 0 aliphatic heterocycles. The van der Waals surface area contributed by atoms with E-state index in [1.165, 1.54) is 12.8 Å². The molecular formula is C20H33N3O4. The number of hydrogen-bond acceptors (Lipinski definition) is 4. The van der Waals surface area contributed by atoms with E-state index in [1.54, 1.807) is 0 Å². The molecule has 2 amide bonds. The zero-order chi connectivity index (χ0) is 19.4. The van der Waals surface area contributed by atoms with Crippen molar-refractivity contribution in [1.29, 1.82) is 0 Å². The van der Waals surface area contributed by atoms with Gasteiger partial charge in [0.1, 0.15) is 0 Å². The molecule has 152 valence electrons. The lowest BCUT2D eigenvalue weighted by Gasteiger charge is -2.42. The summed E-state index contributed by atoms with van der Waals surface area (Å²) in [6.07, 6.45) is 8.49. The number of carbonyl (C=O) groups excluding carboxylic acids is 2. The smallest absolute Gasteiger partial charge is 0.317 e. The van der Waals surface area contributed by atoms with Crippen molar-refractivity contribution in [2.24, 2.45) is 11.8 Å². The molecule has 3 N–H and O–H groups in total. The van der Waals surface area contributed by atoms with Crippen molar-refractivity contribution >= 4 is 17.8 Å². The summed E-state index contributed by atoms with van der Waals surface area (Å²) < 4.78 is 0. The number of amides is 2. The standard InChI is InChI=1S/C20H33N3O4/c1-13(21-20(27)15-4-2-3-5-15)8-18(24)22-16-9-17(10-16)23(12-19(25)26)11-14-6-7-14/h13-17H,2-12H2,1H3,(H,21,27)(H,22,24)(H,25,26). The van der Waals surface area contributed by atoms with Gasteiger partial charge >= 0.3 is 5.97 Å². The minimum Gasteiger partial charge on any atom is -0.480 e. The van der Waals surface area contributed by atoms with Gasteiger partial charge < -0.3 is 15.7 Å². The van der Waals surface area contributed by atoms with E-state index >= 15 is 0 Å². The second-order valence-corrected chi connectivity index (χ2v) is 8.75. The van der Waals surface area contributed by atoms with Crippen LogP contribution in [0.5, 0.6) is 0 Å². The Morgan fingerprint density at radius 1 is 1.11 bits per heavy atom. The maximum absolute atomic E-state index is 12.2. The van der Waals surface area contributed by atoms with Gasteiger partial charge in [0.15, 0.2) is 0 Å². The molecule has 1 atom stereocenters. The highest BCUT2D eigenvalue weighted by atomic mass is 16.4. The van der Waals surface area contributed by atoms with Crippen molar-refractivity contribution in [3.05, 3.63) is 0 Å². The number of rotatable bonds is 10. The van der Waals surface area contributed by atoms with E-state index in [9.17, 15) is 14.4 Å². The van der Waals surface area contributed by atoms with Gasteiger partial charge in [0, 0.05) is 37.0 Å². The van der Waals surface area contributed by atoms with Gasteiger partial charge in [-0.1, -0.05) is 12.8 Å². The number of nitrogens with one attached hydrogen (secondary N) is 2. The second kappa shape index (κ2) is 9.04. The Balaban J connectivity index is 1.34. The SMILES string of the molecule is CC(CC(=O)NC1CC(N(CC(=O)O)CC2CC2)C1)NC(=O)C1CCCC1. The van der Waals surface area contributed by atoms with Crippen molar-refractivity contribution in [3.8, 4) is 0 Å². The van der Waals surface area contributed by atoms with Gasteiger partial charge in [0.25, 0.3) is 0 Å². The first-order valence-electron chi connectivity index (χ1n) is 10.5. The van der Waals surface area contributed by atoms with Crippen LogP contribution >= 0.6 is 0 Å². The third-order valence-electron chi connectivity index (χ3n) is 6.13. The summed E-state index contributed by atoms with van der Waals surface area (Å²) >= 11 is 0. The Bertz CT molecular complexity index is 551. The minimum atomic E-state index is -0.782. The summed E-state index contributed by atoms with van der Waals surface area (Å²) in [5.74, 6) is 0.0393. The summed E-state index contributed by atoms with van der Waals surface area (Å²) in [4.78, 5) is 37.5. The molecule has 7 nitrogen and oxygen atoms in total. The fourth-order valence-corrected chi connectivity index (χ4v) is 4.32. The highest BCUT2D eigenvalue weighted by molar-refractivity contribution is 5.81. The second-order valence-electron chi connectivity index (χ2n) is 8.75. The average molecular weight is 380 g/mol. The molecule has 0 spiro atoms. The molecular weight excluding hydrogens is 346 g/mol. The topological polar surface area (TPSA) is 98.7 Å². The highest BCUT2D eigenvalue weighted by Crippen LogP contribution is 2.33. The van der Waals surface area contributed by atoms with Crippen LogP contribution in [0.4, 0.5) is 0 Å². The zero-order valence-electron chi connectivity index (χ0n) is 16.3. The quantitative estimate of drug-likeness (QED) is 0.534. The number of nitrogens with zero attached hydrogens (tertiary/aromatic N) is 1. The molecule has 0 saturated heterocycles. The van der Waals surface area contributed by atoms with E-state index in [2.05, 4.69) is 15.5 Å². The molecule has 0 heterocycles. The number of carboxylic acids is 1. The van der Waals surface area contributed by atoms with Gasteiger partial charge in [-0.15, -0.1) is 0 Å². The van der Waals surface area contributed by atoms with E-state index in [-0.39, 0.29) is 42.4 Å². The van der Waals surface area contributed by atoms with Crippen molar-refractivity contribution in [1.82, 2.24) is 15.5 Å². The molecule has 3 saturated carbocycles. The van der Waals surface area contributed by atoms with Crippen LogP contribution in [0.2, 0.25) is 0 Å². The Morgan fingerprint density at radius 3 is 2.37 bits per heavy atom. The molecule has 1 unspecified atom stereocenters. The van der Waals surface area contributed by atoms with Gasteiger partial charge in [-0.05, 0) is 51.4 Å². The van der Waals surface area contributed by atoms with Gasteiger partial charge in [0.05, 0.1) is 6.54 Å². The van der Waals surface area contributed by atoms with Gasteiger partial charge in [-0.3, -0.25) is 19.3 Å². The van der Waals surface area contributed by atoms with Crippen molar-refractivity contribution in [2.75, 3.05) is 13.1 Å². The highest BCUT2D eigenvalue weighted by Gasteiger charge is 2.37. The zero-order valence-corrected chi connectivity index (χ0v) is 16.3. The Labute approximate surface area is 161 Å². The Hall–Kier alpha value is -1.63. The van der Waals surface area contributed by atoms with E-state index in [0.29, 0.717) is 12.3 Å². The van der Waals surface area contributed by atoms with E-state index in [0.717, 1.165) is 45.1 Å². The first-order valence-corrected chi connectivity index (χ1v) is 10.5. The van der Waals surface area contributed by atoms with Crippen molar-refractivity contribution in [2.45, 2.75) is 82.8 Å². The largest absolute Gasteiger partial charge is 0.480 e. The van der Waals surface area contributed by atoms with Gasteiger partial charge in [-0.2, -0.15) is 0 Å². The third-order valence-corrected chi connectivity index (χ3v) is 6.13. The maximum atomic E-state index is 12.2. The summed E-state index contributed by atoms with van der Waals surface area (Å²) in [6.45, 7) is 2.83. The van der Waals surface area contributed by atoms with Crippen LogP contribution in [-0.2, 0) is 14.4 Å². The number of hydrogen-bond donors (Lipinski definition) is 3. The number of aliphatic carboxylic acids is 1. The van der Waals surface area contributed by atoms with Gasteiger partial charge in [-0.25, -0.2) is 0 Å². The lowest BCUT2D eigenvalue weighted by Crippen LogP contribution is -2.55. The number of carbonyl (C=O) groups is 3. The molecule has 0 bridgehead atoms. The van der Waals surface area contributed by atoms with Crippen molar-refractivity contribution in [3.63, 3.8) is 0 Å². The van der Waals surface area contributed by atoms with Crippen LogP contribution in [0.3, 0.4) is 0 Å². The molecule has 0 radical (unpaired) electrons. The summed E-state index contributed by atoms with van der Waals surface area (Å²) in [5.41, 5.74) is 0. The maximum Gasteiger partial charge on any atom is 0.317 e. The third kappa shape index (κ3) is 6.19. The van der Waals surface area contributed by atoms with E-state index in [1.807, 2.05) is 6.92 Å². The van der Waals surface area contributed by atoms with E-state index in [4.69, 9.17) is 5.11 Å². The fraction of sp³-hybridized carbons (Fsp3) is 0.850. The monoisotopic (exact) mass is 379 g/mol. The van der Waals surface area contributed by atoms with Gasteiger partial charge in [0.2, 0.25) is 11.8 Å². The lowest BCUT2D eigenvalue weighted by molar-refractivity contribution is -0.140. The van der Waals surface area contributed by atoms with Crippen molar-refractivity contribution < 1.29 is 19.5 Å². The van der Waals surface area contributed by atoms with Crippen LogP contribution in [0, 0.1) is 11.8 Å². The molecule has 0 aromatic rings. The first-order chi connectivity index (χ1) is 12.9. The fourth-order valence-electron chi connectivity index (χ4n) is 4.32. The predicted molar refractivity (Wildman–Crippen MR) is 101 cm³/mol. The molecule has 7 heteroatoms. The normalized spacial score (nSPS) is 26.4. The predicted octanol–water partition coefficient (Wildman–Crippen LogP) is 1.52. The molecule has 3 aliphatic carbocycles. The molecule has 0 aromatic heterocycles. The lowest BCUT2D eigenvalue weighted by atomic mass is 9.85. The number of carboxylic acid groups (broad SMARTS) is 1. The Morgan fingerprint density at radius 2 is 1.78 bits per heavy atom. The molecule has 3 fully saturated rings. The molecule has 3 rings (SSSR count). The summed E-state index contributed by atoms with van der Waals surface area (Å²) in [6, 6.07) is 0.217. The summed E-state index contributed by atoms with van der Waals surface area (Å²) in [7, 11) is 0. The summed E-state index contributed by atoms with van der Waals surface area (Å²) in [5, 5.41) is 15.1. The average Bonchev–Trinajstić information content (AvgIpc) is 3.18. The Kier molecular flexibility index (Phi) is 6.73. The van der Waals surface area contributed by atoms with Crippen LogP contribution in [0.15, 0.2) is 0 Å². The first kappa shape index (κ1) is 20.1. The molecule has 0 aromatic carbocycles. The van der Waals surface area contributed by atoms with Crippen LogP contribution in [0.1, 0.15) is 64.7 Å². The molecule has 3 aliphatic rings.